The summed E-state index contributed by atoms with van der Waals surface area (Å²) in [7, 11) is 2.21. The summed E-state index contributed by atoms with van der Waals surface area (Å²) in [5, 5.41) is 0. The molecule has 0 saturated heterocycles. The molecule has 1 atom stereocenters. The Kier molecular flexibility index (Phi) is 5.41. The minimum Gasteiger partial charge on any atom is -0.330 e. The molecule has 0 amide bonds. The molecule has 106 valence electrons. The van der Waals surface area contributed by atoms with Crippen LogP contribution >= 0.6 is 0 Å². The van der Waals surface area contributed by atoms with Crippen molar-refractivity contribution in [2.45, 2.75) is 45.6 Å². The highest BCUT2D eigenvalue weighted by Gasteiger charge is 2.12. The van der Waals surface area contributed by atoms with Gasteiger partial charge in [0, 0.05) is 13.1 Å². The minimum atomic E-state index is 0.627. The van der Waals surface area contributed by atoms with Crippen molar-refractivity contribution in [3.63, 3.8) is 0 Å². The highest BCUT2D eigenvalue weighted by Crippen LogP contribution is 2.22. The third kappa shape index (κ3) is 4.05. The molecule has 0 fully saturated rings. The zero-order chi connectivity index (χ0) is 13.7. The number of benzene rings is 1. The van der Waals surface area contributed by atoms with E-state index in [4.69, 9.17) is 5.73 Å². The van der Waals surface area contributed by atoms with Gasteiger partial charge in [-0.1, -0.05) is 31.5 Å². The maximum atomic E-state index is 5.79. The van der Waals surface area contributed by atoms with Gasteiger partial charge in [0.05, 0.1) is 0 Å². The van der Waals surface area contributed by atoms with Gasteiger partial charge in [-0.3, -0.25) is 0 Å². The van der Waals surface area contributed by atoms with Crippen LogP contribution in [0.4, 0.5) is 0 Å². The van der Waals surface area contributed by atoms with Gasteiger partial charge < -0.3 is 10.6 Å². The topological polar surface area (TPSA) is 29.3 Å². The Hall–Kier alpha value is -0.860. The van der Waals surface area contributed by atoms with Crippen LogP contribution in [0.3, 0.4) is 0 Å². The maximum absolute atomic E-state index is 5.79. The molecule has 1 aliphatic rings. The van der Waals surface area contributed by atoms with Crippen molar-refractivity contribution in [1.82, 2.24) is 4.90 Å². The van der Waals surface area contributed by atoms with Crippen molar-refractivity contribution in [1.29, 1.82) is 0 Å². The molecular weight excluding hydrogens is 232 g/mol. The maximum Gasteiger partial charge on any atom is 0.0230 e. The van der Waals surface area contributed by atoms with Gasteiger partial charge in [-0.05, 0) is 61.9 Å². The Balaban J connectivity index is 1.95. The molecule has 0 heterocycles. The van der Waals surface area contributed by atoms with Crippen LogP contribution in [0.25, 0.3) is 0 Å². The minimum absolute atomic E-state index is 0.627. The number of aryl methyl sites for hydroxylation is 2. The summed E-state index contributed by atoms with van der Waals surface area (Å²) in [6.07, 6.45) is 6.44. The second-order valence-corrected chi connectivity index (χ2v) is 6.02. The molecule has 0 radical (unpaired) electrons. The summed E-state index contributed by atoms with van der Waals surface area (Å²) in [6, 6.07) is 7.08. The van der Waals surface area contributed by atoms with Crippen LogP contribution in [0.1, 0.15) is 42.9 Å². The molecule has 1 aliphatic carbocycles. The molecule has 2 heteroatoms. The van der Waals surface area contributed by atoms with Crippen molar-refractivity contribution >= 4 is 0 Å². The zero-order valence-corrected chi connectivity index (χ0v) is 12.5. The Labute approximate surface area is 118 Å². The van der Waals surface area contributed by atoms with E-state index in [1.807, 2.05) is 0 Å². The molecule has 0 aliphatic heterocycles. The van der Waals surface area contributed by atoms with E-state index in [0.717, 1.165) is 19.6 Å². The van der Waals surface area contributed by atoms with E-state index in [2.05, 4.69) is 37.1 Å². The van der Waals surface area contributed by atoms with Gasteiger partial charge in [0.2, 0.25) is 0 Å². The number of hydrogen-bond acceptors (Lipinski definition) is 2. The van der Waals surface area contributed by atoms with Crippen LogP contribution in [0, 0.1) is 5.92 Å². The predicted octanol–water partition coefficient (Wildman–Crippen LogP) is 2.98. The fourth-order valence-corrected chi connectivity index (χ4v) is 3.07. The Bertz CT molecular complexity index is 396. The van der Waals surface area contributed by atoms with E-state index in [-0.39, 0.29) is 0 Å². The first-order chi connectivity index (χ1) is 9.22. The van der Waals surface area contributed by atoms with Crippen molar-refractivity contribution in [3.05, 3.63) is 34.9 Å². The highest BCUT2D eigenvalue weighted by atomic mass is 15.1. The van der Waals surface area contributed by atoms with Crippen molar-refractivity contribution < 1.29 is 0 Å². The van der Waals surface area contributed by atoms with E-state index in [1.165, 1.54) is 37.7 Å². The first-order valence-corrected chi connectivity index (χ1v) is 7.72. The van der Waals surface area contributed by atoms with Gasteiger partial charge in [-0.25, -0.2) is 0 Å². The fraction of sp³-hybridized carbons (Fsp3) is 0.647. The lowest BCUT2D eigenvalue weighted by Gasteiger charge is -2.23. The number of hydrogen-bond donors (Lipinski definition) is 1. The molecule has 2 nitrogen and oxygen atoms in total. The molecule has 0 spiro atoms. The fourth-order valence-electron chi connectivity index (χ4n) is 3.07. The molecular formula is C17H28N2. The highest BCUT2D eigenvalue weighted by molar-refractivity contribution is 5.33. The van der Waals surface area contributed by atoms with Crippen LogP contribution in [-0.2, 0) is 19.4 Å². The lowest BCUT2D eigenvalue weighted by atomic mass is 9.90. The van der Waals surface area contributed by atoms with Crippen molar-refractivity contribution in [2.24, 2.45) is 11.7 Å². The zero-order valence-electron chi connectivity index (χ0n) is 12.5. The molecule has 2 N–H and O–H groups in total. The van der Waals surface area contributed by atoms with Crippen LogP contribution in [0.2, 0.25) is 0 Å². The normalized spacial score (nSPS) is 16.4. The molecule has 1 aromatic carbocycles. The molecule has 1 unspecified atom stereocenters. The molecule has 0 aromatic heterocycles. The largest absolute Gasteiger partial charge is 0.330 e. The van der Waals surface area contributed by atoms with Gasteiger partial charge in [0.15, 0.2) is 0 Å². The second-order valence-electron chi connectivity index (χ2n) is 6.02. The molecule has 0 bridgehead atoms. The van der Waals surface area contributed by atoms with E-state index in [1.54, 1.807) is 11.1 Å². The average Bonchev–Trinajstić information content (AvgIpc) is 2.44. The number of nitrogens with zero attached hydrogens (tertiary/aromatic N) is 1. The van der Waals surface area contributed by atoms with Gasteiger partial charge in [-0.15, -0.1) is 0 Å². The van der Waals surface area contributed by atoms with Crippen LogP contribution in [0.5, 0.6) is 0 Å². The van der Waals surface area contributed by atoms with Crippen molar-refractivity contribution in [2.75, 3.05) is 20.1 Å². The molecule has 19 heavy (non-hydrogen) atoms. The van der Waals surface area contributed by atoms with E-state index < -0.39 is 0 Å². The van der Waals surface area contributed by atoms with Gasteiger partial charge in [-0.2, -0.15) is 0 Å². The molecule has 0 saturated carbocycles. The quantitative estimate of drug-likeness (QED) is 0.852. The Morgan fingerprint density at radius 2 is 1.95 bits per heavy atom. The third-order valence-electron chi connectivity index (χ3n) is 4.35. The SMILES string of the molecule is CCC(CN)CN(C)Cc1ccc2c(c1)CCCC2. The van der Waals surface area contributed by atoms with Crippen molar-refractivity contribution in [3.8, 4) is 0 Å². The average molecular weight is 260 g/mol. The summed E-state index contributed by atoms with van der Waals surface area (Å²) in [6.45, 7) is 5.17. The van der Waals surface area contributed by atoms with Gasteiger partial charge in [0.25, 0.3) is 0 Å². The molecule has 2 rings (SSSR count). The van der Waals surface area contributed by atoms with Gasteiger partial charge in [0.1, 0.15) is 0 Å². The standard InChI is InChI=1S/C17H28N2/c1-3-14(11-18)12-19(2)13-15-8-9-16-6-4-5-7-17(16)10-15/h8-10,14H,3-7,11-13,18H2,1-2H3. The molecule has 1 aromatic rings. The Morgan fingerprint density at radius 1 is 1.21 bits per heavy atom. The lowest BCUT2D eigenvalue weighted by Crippen LogP contribution is -2.29. The van der Waals surface area contributed by atoms with Crippen LogP contribution in [0.15, 0.2) is 18.2 Å². The summed E-state index contributed by atoms with van der Waals surface area (Å²) < 4.78 is 0. The smallest absolute Gasteiger partial charge is 0.0230 e. The van der Waals surface area contributed by atoms with Crippen LogP contribution < -0.4 is 5.73 Å². The number of nitrogens with two attached hydrogens (primary N) is 1. The lowest BCUT2D eigenvalue weighted by molar-refractivity contribution is 0.268. The van der Waals surface area contributed by atoms with E-state index in [0.29, 0.717) is 5.92 Å². The van der Waals surface area contributed by atoms with Crippen LogP contribution in [-0.4, -0.2) is 25.0 Å². The first-order valence-electron chi connectivity index (χ1n) is 7.72. The second kappa shape index (κ2) is 7.06. The summed E-state index contributed by atoms with van der Waals surface area (Å²) >= 11 is 0. The third-order valence-corrected chi connectivity index (χ3v) is 4.35. The van der Waals surface area contributed by atoms with E-state index >= 15 is 0 Å². The van der Waals surface area contributed by atoms with Gasteiger partial charge >= 0.3 is 0 Å². The summed E-state index contributed by atoms with van der Waals surface area (Å²) in [4.78, 5) is 2.41. The van der Waals surface area contributed by atoms with E-state index in [9.17, 15) is 0 Å². The monoisotopic (exact) mass is 260 g/mol. The predicted molar refractivity (Wildman–Crippen MR) is 82.3 cm³/mol. The number of rotatable bonds is 6. The first kappa shape index (κ1) is 14.5. The Morgan fingerprint density at radius 3 is 2.63 bits per heavy atom. The summed E-state index contributed by atoms with van der Waals surface area (Å²) in [5.41, 5.74) is 10.4. The number of fused-ring (bicyclic) bond motifs is 1. The summed E-state index contributed by atoms with van der Waals surface area (Å²) in [5.74, 6) is 0.627.